The zero-order valence-corrected chi connectivity index (χ0v) is 17.5. The van der Waals surface area contributed by atoms with Crippen LogP contribution in [0.1, 0.15) is 12.5 Å². The molecule has 1 saturated heterocycles. The van der Waals surface area contributed by atoms with Gasteiger partial charge in [0.25, 0.3) is 0 Å². The van der Waals surface area contributed by atoms with Gasteiger partial charge in [0, 0.05) is 44.5 Å². The second-order valence-electron chi connectivity index (χ2n) is 6.19. The molecule has 0 radical (unpaired) electrons. The molecular weight excluding hydrogens is 399 g/mol. The lowest BCUT2D eigenvalue weighted by atomic mass is 10.2. The van der Waals surface area contributed by atoms with Gasteiger partial charge in [0.2, 0.25) is 15.9 Å². The Morgan fingerprint density at radius 3 is 2.38 bits per heavy atom. The number of hydrogen-bond acceptors (Lipinski definition) is 5. The average Bonchev–Trinajstić information content (AvgIpc) is 2.54. The van der Waals surface area contributed by atoms with E-state index in [-0.39, 0.29) is 37.4 Å². The number of nitrogens with two attached hydrogens (primary N) is 1. The summed E-state index contributed by atoms with van der Waals surface area (Å²) < 4.78 is 26.2. The van der Waals surface area contributed by atoms with Crippen molar-refractivity contribution in [2.75, 3.05) is 43.4 Å². The van der Waals surface area contributed by atoms with Crippen molar-refractivity contribution < 1.29 is 13.2 Å². The molecule has 0 aliphatic carbocycles. The predicted molar refractivity (Wildman–Crippen MR) is 110 cm³/mol. The van der Waals surface area contributed by atoms with E-state index in [1.807, 2.05) is 25.1 Å². The Morgan fingerprint density at radius 2 is 1.85 bits per heavy atom. The molecule has 2 rings (SSSR count). The Hall–Kier alpha value is -1.06. The largest absolute Gasteiger partial charge is 0.369 e. The number of halogens is 2. The fourth-order valence-electron chi connectivity index (χ4n) is 2.68. The van der Waals surface area contributed by atoms with Gasteiger partial charge in [-0.05, 0) is 31.5 Å². The number of anilines is 1. The molecule has 1 aromatic rings. The molecule has 1 aliphatic heterocycles. The second-order valence-corrected chi connectivity index (χ2v) is 8.15. The molecule has 0 bridgehead atoms. The highest BCUT2D eigenvalue weighted by molar-refractivity contribution is 7.89. The molecule has 1 heterocycles. The van der Waals surface area contributed by atoms with Gasteiger partial charge in [-0.2, -0.15) is 4.31 Å². The Morgan fingerprint density at radius 1 is 1.23 bits per heavy atom. The number of benzene rings is 1. The maximum Gasteiger partial charge on any atom is 0.236 e. The highest BCUT2D eigenvalue weighted by atomic mass is 35.5. The number of nitrogens with one attached hydrogen (secondary N) is 1. The van der Waals surface area contributed by atoms with Gasteiger partial charge in [-0.1, -0.05) is 12.1 Å². The van der Waals surface area contributed by atoms with Crippen molar-refractivity contribution in [2.24, 2.45) is 5.73 Å². The van der Waals surface area contributed by atoms with Gasteiger partial charge >= 0.3 is 0 Å². The Labute approximate surface area is 168 Å². The molecule has 0 spiro atoms. The van der Waals surface area contributed by atoms with E-state index >= 15 is 0 Å². The third kappa shape index (κ3) is 6.92. The smallest absolute Gasteiger partial charge is 0.236 e. The lowest BCUT2D eigenvalue weighted by molar-refractivity contribution is -0.119. The zero-order valence-electron chi connectivity index (χ0n) is 15.1. The minimum Gasteiger partial charge on any atom is -0.369 e. The summed E-state index contributed by atoms with van der Waals surface area (Å²) in [7, 11) is -3.60. The first-order chi connectivity index (χ1) is 11.3. The quantitative estimate of drug-likeness (QED) is 0.699. The molecule has 3 N–H and O–H groups in total. The summed E-state index contributed by atoms with van der Waals surface area (Å²) in [5, 5.41) is 2.59. The van der Waals surface area contributed by atoms with E-state index < -0.39 is 21.7 Å². The van der Waals surface area contributed by atoms with Crippen molar-refractivity contribution in [1.29, 1.82) is 0 Å². The minimum atomic E-state index is -3.60. The van der Waals surface area contributed by atoms with Crippen molar-refractivity contribution in [3.63, 3.8) is 0 Å². The monoisotopic (exact) mass is 426 g/mol. The number of carbonyl (C=O) groups is 1. The highest BCUT2D eigenvalue weighted by Gasteiger charge is 2.29. The summed E-state index contributed by atoms with van der Waals surface area (Å²) in [4.78, 5) is 14.0. The third-order valence-corrected chi connectivity index (χ3v) is 5.85. The minimum absolute atomic E-state index is 0. The van der Waals surface area contributed by atoms with Gasteiger partial charge < -0.3 is 16.0 Å². The van der Waals surface area contributed by atoms with Gasteiger partial charge in [-0.3, -0.25) is 4.79 Å². The number of rotatable bonds is 6. The van der Waals surface area contributed by atoms with E-state index in [1.54, 1.807) is 6.92 Å². The van der Waals surface area contributed by atoms with Crippen molar-refractivity contribution in [2.45, 2.75) is 19.9 Å². The molecule has 26 heavy (non-hydrogen) atoms. The van der Waals surface area contributed by atoms with Crippen LogP contribution in [-0.4, -0.2) is 63.1 Å². The van der Waals surface area contributed by atoms with Crippen molar-refractivity contribution in [3.8, 4) is 0 Å². The van der Waals surface area contributed by atoms with E-state index in [4.69, 9.17) is 5.73 Å². The van der Waals surface area contributed by atoms with E-state index in [1.165, 1.54) is 9.87 Å². The first-order valence-corrected chi connectivity index (χ1v) is 9.71. The molecule has 0 saturated carbocycles. The molecule has 150 valence electrons. The van der Waals surface area contributed by atoms with Crippen LogP contribution in [-0.2, 0) is 14.8 Å². The van der Waals surface area contributed by atoms with Crippen LogP contribution >= 0.6 is 24.8 Å². The van der Waals surface area contributed by atoms with E-state index in [9.17, 15) is 13.2 Å². The zero-order chi connectivity index (χ0) is 17.7. The summed E-state index contributed by atoms with van der Waals surface area (Å²) in [5.41, 5.74) is 7.70. The Bertz CT molecular complexity index is 680. The maximum absolute atomic E-state index is 12.4. The number of sulfonamides is 1. The lowest BCUT2D eigenvalue weighted by Gasteiger charge is -2.35. The first-order valence-electron chi connectivity index (χ1n) is 8.10. The van der Waals surface area contributed by atoms with E-state index in [0.29, 0.717) is 26.2 Å². The fourth-order valence-corrected chi connectivity index (χ4v) is 4.00. The Balaban J connectivity index is 0.00000312. The van der Waals surface area contributed by atoms with E-state index in [2.05, 4.69) is 16.3 Å². The highest BCUT2D eigenvalue weighted by Crippen LogP contribution is 2.19. The summed E-state index contributed by atoms with van der Waals surface area (Å²) in [6.45, 7) is 6.05. The van der Waals surface area contributed by atoms with Gasteiger partial charge in [0.05, 0.1) is 0 Å². The van der Waals surface area contributed by atoms with E-state index in [0.717, 1.165) is 5.69 Å². The van der Waals surface area contributed by atoms with Crippen LogP contribution in [0.3, 0.4) is 0 Å². The van der Waals surface area contributed by atoms with Gasteiger partial charge in [0.1, 0.15) is 5.75 Å². The standard InChI is InChI=1S/C16H26N4O3S.2ClH/c1-13-4-3-5-15(10-13)19-6-8-20(9-7-19)24(22,23)12-16(21)18-14(2)11-17;;/h3-5,10,14H,6-9,11-12,17H2,1-2H3,(H,18,21);2*1H/t14-;;/m0../s1. The molecule has 1 fully saturated rings. The number of nitrogens with zero attached hydrogens (tertiary/aromatic N) is 2. The molecule has 0 unspecified atom stereocenters. The summed E-state index contributed by atoms with van der Waals surface area (Å²) in [6.07, 6.45) is 0. The van der Waals surface area contributed by atoms with Crippen LogP contribution in [0.25, 0.3) is 0 Å². The molecule has 1 aliphatic rings. The van der Waals surface area contributed by atoms with Crippen LogP contribution < -0.4 is 16.0 Å². The lowest BCUT2D eigenvalue weighted by Crippen LogP contribution is -2.51. The molecule has 1 aromatic carbocycles. The molecule has 10 heteroatoms. The first kappa shape index (κ1) is 24.9. The normalized spacial score (nSPS) is 16.2. The molecule has 1 atom stereocenters. The summed E-state index contributed by atoms with van der Waals surface area (Å²) in [5.74, 6) is -1.03. The van der Waals surface area contributed by atoms with Crippen molar-refractivity contribution in [3.05, 3.63) is 29.8 Å². The van der Waals surface area contributed by atoms with Gasteiger partial charge in [-0.15, -0.1) is 24.8 Å². The summed E-state index contributed by atoms with van der Waals surface area (Å²) in [6, 6.07) is 7.91. The predicted octanol–water partition coefficient (Wildman–Crippen LogP) is 0.754. The van der Waals surface area contributed by atoms with Crippen LogP contribution in [0.2, 0.25) is 0 Å². The molecule has 0 aromatic heterocycles. The van der Waals surface area contributed by atoms with Gasteiger partial charge in [0.15, 0.2) is 0 Å². The van der Waals surface area contributed by atoms with Crippen LogP contribution in [0.15, 0.2) is 24.3 Å². The molecular formula is C16H28Cl2N4O3S. The fraction of sp³-hybridized carbons (Fsp3) is 0.562. The van der Waals surface area contributed by atoms with Crippen LogP contribution in [0.5, 0.6) is 0 Å². The third-order valence-electron chi connectivity index (χ3n) is 4.07. The van der Waals surface area contributed by atoms with Crippen LogP contribution in [0.4, 0.5) is 5.69 Å². The molecule has 1 amide bonds. The number of aryl methyl sites for hydroxylation is 1. The average molecular weight is 427 g/mol. The van der Waals surface area contributed by atoms with Crippen molar-refractivity contribution in [1.82, 2.24) is 9.62 Å². The van der Waals surface area contributed by atoms with Gasteiger partial charge in [-0.25, -0.2) is 8.42 Å². The number of piperazine rings is 1. The Kier molecular flexibility index (Phi) is 10.5. The SMILES string of the molecule is Cc1cccc(N2CCN(S(=O)(=O)CC(=O)N[C@@H](C)CN)CC2)c1.Cl.Cl. The summed E-state index contributed by atoms with van der Waals surface area (Å²) >= 11 is 0. The number of carbonyl (C=O) groups excluding carboxylic acids is 1. The maximum atomic E-state index is 12.4. The molecule has 7 nitrogen and oxygen atoms in total. The number of amides is 1. The topological polar surface area (TPSA) is 95.7 Å². The van der Waals surface area contributed by atoms with Crippen LogP contribution in [0, 0.1) is 6.92 Å². The number of hydrogen-bond donors (Lipinski definition) is 2. The second kappa shape index (κ2) is 10.9. The van der Waals surface area contributed by atoms with Crippen molar-refractivity contribution >= 4 is 46.4 Å².